The summed E-state index contributed by atoms with van der Waals surface area (Å²) in [6, 6.07) is 27.3. The van der Waals surface area contributed by atoms with Gasteiger partial charge in [-0.05, 0) is 54.7 Å². The summed E-state index contributed by atoms with van der Waals surface area (Å²) < 4.78 is 8.64. The lowest BCUT2D eigenvalue weighted by atomic mass is 10.1. The van der Waals surface area contributed by atoms with Gasteiger partial charge in [0.15, 0.2) is 0 Å². The van der Waals surface area contributed by atoms with Crippen LogP contribution in [0.15, 0.2) is 95.5 Å². The molecule has 9 heteroatoms. The topological polar surface area (TPSA) is 80.3 Å². The molecule has 4 bridgehead atoms. The fraction of sp³-hybridized carbons (Fsp3) is 0.294. The number of hydrogen-bond donors (Lipinski definition) is 0. The van der Waals surface area contributed by atoms with Crippen LogP contribution in [-0.2, 0) is 26.1 Å². The third-order valence-corrected chi connectivity index (χ3v) is 8.04. The van der Waals surface area contributed by atoms with Gasteiger partial charge in [-0.3, -0.25) is 9.48 Å². The molecule has 1 aliphatic heterocycles. The van der Waals surface area contributed by atoms with Gasteiger partial charge < -0.3 is 14.2 Å². The molecule has 1 amide bonds. The zero-order valence-corrected chi connectivity index (χ0v) is 25.0. The summed E-state index contributed by atoms with van der Waals surface area (Å²) in [5.41, 5.74) is 4.56. The van der Waals surface area contributed by atoms with Crippen molar-refractivity contribution in [3.05, 3.63) is 130 Å². The molecule has 1 aliphatic rings. The number of benzene rings is 3. The molecular formula is C34H35ClN6O2. The Bertz CT molecular complexity index is 1630. The van der Waals surface area contributed by atoms with Crippen LogP contribution in [0.25, 0.3) is 0 Å². The highest BCUT2D eigenvalue weighted by atomic mass is 35.5. The highest BCUT2D eigenvalue weighted by molar-refractivity contribution is 6.30. The standard InChI is InChI=1S/C34H35ClN6O2/c1-2-31-32-36-30(21-25-11-5-3-6-12-25)34(43-32)39(22-26-13-7-4-8-14-26)23-29-24-40(38-37-29)19-9-10-20-41(31)33(42)27-15-17-28(35)18-16-27/h3-8,11-18,24,31H,2,9-10,19-23H2,1H3. The van der Waals surface area contributed by atoms with Crippen molar-refractivity contribution in [1.82, 2.24) is 24.9 Å². The highest BCUT2D eigenvalue weighted by Gasteiger charge is 2.31. The van der Waals surface area contributed by atoms with E-state index in [0.29, 0.717) is 54.8 Å². The minimum Gasteiger partial charge on any atom is -0.423 e. The van der Waals surface area contributed by atoms with Gasteiger partial charge in [0.2, 0.25) is 11.8 Å². The van der Waals surface area contributed by atoms with Crippen molar-refractivity contribution in [3.63, 3.8) is 0 Å². The summed E-state index contributed by atoms with van der Waals surface area (Å²) in [5.74, 6) is 1.17. The molecule has 0 spiro atoms. The van der Waals surface area contributed by atoms with Crippen LogP contribution < -0.4 is 4.90 Å². The number of amides is 1. The third-order valence-electron chi connectivity index (χ3n) is 7.79. The molecule has 220 valence electrons. The first-order valence-corrected chi connectivity index (χ1v) is 15.2. The molecule has 3 heterocycles. The van der Waals surface area contributed by atoms with Gasteiger partial charge in [0, 0.05) is 36.6 Å². The van der Waals surface area contributed by atoms with Crippen molar-refractivity contribution < 1.29 is 9.21 Å². The van der Waals surface area contributed by atoms with Gasteiger partial charge in [-0.1, -0.05) is 84.4 Å². The number of anilines is 1. The number of rotatable bonds is 6. The number of carbonyl (C=O) groups is 1. The zero-order valence-electron chi connectivity index (χ0n) is 24.3. The molecule has 2 aromatic heterocycles. The third kappa shape index (κ3) is 6.81. The van der Waals surface area contributed by atoms with Crippen molar-refractivity contribution in [2.75, 3.05) is 11.4 Å². The Kier molecular flexibility index (Phi) is 8.84. The summed E-state index contributed by atoms with van der Waals surface area (Å²) in [6.07, 6.45) is 4.91. The fourth-order valence-corrected chi connectivity index (χ4v) is 5.74. The zero-order chi connectivity index (χ0) is 29.6. The van der Waals surface area contributed by atoms with E-state index >= 15 is 0 Å². The second kappa shape index (κ2) is 13.3. The van der Waals surface area contributed by atoms with Gasteiger partial charge in [-0.2, -0.15) is 0 Å². The van der Waals surface area contributed by atoms with Gasteiger partial charge in [-0.25, -0.2) is 4.98 Å². The molecule has 0 N–H and O–H groups in total. The minimum absolute atomic E-state index is 0.0656. The predicted octanol–water partition coefficient (Wildman–Crippen LogP) is 7.10. The molecule has 0 saturated carbocycles. The van der Waals surface area contributed by atoms with E-state index < -0.39 is 0 Å². The lowest BCUT2D eigenvalue weighted by Gasteiger charge is -2.29. The Morgan fingerprint density at radius 3 is 2.35 bits per heavy atom. The van der Waals surface area contributed by atoms with E-state index in [2.05, 4.69) is 46.4 Å². The van der Waals surface area contributed by atoms with Crippen molar-refractivity contribution in [3.8, 4) is 0 Å². The first-order chi connectivity index (χ1) is 21.1. The van der Waals surface area contributed by atoms with Crippen LogP contribution in [0.5, 0.6) is 0 Å². The van der Waals surface area contributed by atoms with Crippen LogP contribution >= 0.6 is 11.6 Å². The smallest absolute Gasteiger partial charge is 0.254 e. The number of fused-ring (bicyclic) bond motifs is 4. The van der Waals surface area contributed by atoms with Gasteiger partial charge >= 0.3 is 0 Å². The second-order valence-corrected chi connectivity index (χ2v) is 11.4. The first kappa shape index (κ1) is 28.7. The fourth-order valence-electron chi connectivity index (χ4n) is 5.62. The van der Waals surface area contributed by atoms with Crippen LogP contribution in [0.1, 0.15) is 71.0 Å². The summed E-state index contributed by atoms with van der Waals surface area (Å²) in [5, 5.41) is 9.49. The number of halogens is 1. The Morgan fingerprint density at radius 2 is 1.63 bits per heavy atom. The Labute approximate surface area is 256 Å². The summed E-state index contributed by atoms with van der Waals surface area (Å²) in [6.45, 7) is 4.47. The van der Waals surface area contributed by atoms with E-state index in [1.807, 2.05) is 52.2 Å². The van der Waals surface area contributed by atoms with Gasteiger partial charge in [0.1, 0.15) is 17.4 Å². The molecule has 43 heavy (non-hydrogen) atoms. The maximum absolute atomic E-state index is 14.0. The number of carbonyl (C=O) groups excluding carboxylic acids is 1. The predicted molar refractivity (Wildman–Crippen MR) is 167 cm³/mol. The average molecular weight is 595 g/mol. The molecule has 0 saturated heterocycles. The average Bonchev–Trinajstić information content (AvgIpc) is 3.66. The molecule has 8 nitrogen and oxygen atoms in total. The summed E-state index contributed by atoms with van der Waals surface area (Å²) in [4.78, 5) is 23.2. The SMILES string of the molecule is CCC1c2nc(Cc3ccccc3)c(o2)N(Cc2ccccc2)Cc2cn(nn2)CCCCN1C(=O)c1ccc(Cl)cc1. The molecule has 1 unspecified atom stereocenters. The highest BCUT2D eigenvalue weighted by Crippen LogP contribution is 2.34. The van der Waals surface area contributed by atoms with E-state index in [4.69, 9.17) is 21.0 Å². The molecule has 0 aliphatic carbocycles. The molecule has 3 aromatic carbocycles. The Morgan fingerprint density at radius 1 is 0.930 bits per heavy atom. The van der Waals surface area contributed by atoms with E-state index in [0.717, 1.165) is 41.9 Å². The minimum atomic E-state index is -0.335. The van der Waals surface area contributed by atoms with Crippen LogP contribution in [0.4, 0.5) is 5.88 Å². The number of aromatic nitrogens is 4. The maximum Gasteiger partial charge on any atom is 0.254 e. The molecule has 0 fully saturated rings. The van der Waals surface area contributed by atoms with E-state index in [1.54, 1.807) is 24.3 Å². The molecule has 5 aromatic rings. The maximum atomic E-state index is 14.0. The van der Waals surface area contributed by atoms with E-state index in [-0.39, 0.29) is 11.9 Å². The quantitative estimate of drug-likeness (QED) is 0.208. The number of aryl methyl sites for hydroxylation is 1. The van der Waals surface area contributed by atoms with Gasteiger partial charge in [0.05, 0.1) is 12.7 Å². The van der Waals surface area contributed by atoms with Crippen LogP contribution in [0.3, 0.4) is 0 Å². The molecule has 1 atom stereocenters. The second-order valence-electron chi connectivity index (χ2n) is 10.9. The number of nitrogens with zero attached hydrogens (tertiary/aromatic N) is 6. The van der Waals surface area contributed by atoms with Crippen molar-refractivity contribution >= 4 is 23.4 Å². The Hall–Kier alpha value is -4.43. The largest absolute Gasteiger partial charge is 0.423 e. The van der Waals surface area contributed by atoms with Crippen LogP contribution in [0, 0.1) is 0 Å². The number of hydrogen-bond acceptors (Lipinski definition) is 6. The first-order valence-electron chi connectivity index (χ1n) is 14.9. The monoisotopic (exact) mass is 594 g/mol. The lowest BCUT2D eigenvalue weighted by molar-refractivity contribution is 0.0635. The summed E-state index contributed by atoms with van der Waals surface area (Å²) >= 11 is 6.14. The van der Waals surface area contributed by atoms with Crippen molar-refractivity contribution in [2.45, 2.75) is 58.3 Å². The Balaban J connectivity index is 1.45. The van der Waals surface area contributed by atoms with Crippen molar-refractivity contribution in [1.29, 1.82) is 0 Å². The molecule has 0 radical (unpaired) electrons. The van der Waals surface area contributed by atoms with E-state index in [1.165, 1.54) is 0 Å². The van der Waals surface area contributed by atoms with Crippen molar-refractivity contribution in [2.24, 2.45) is 0 Å². The van der Waals surface area contributed by atoms with Gasteiger partial charge in [-0.15, -0.1) is 5.10 Å². The lowest BCUT2D eigenvalue weighted by Crippen LogP contribution is -2.36. The number of oxazole rings is 1. The van der Waals surface area contributed by atoms with Crippen LogP contribution in [-0.4, -0.2) is 37.3 Å². The van der Waals surface area contributed by atoms with Gasteiger partial charge in [0.25, 0.3) is 5.91 Å². The molecule has 6 rings (SSSR count). The molecular weight excluding hydrogens is 560 g/mol. The normalized spacial score (nSPS) is 15.7. The summed E-state index contributed by atoms with van der Waals surface area (Å²) in [7, 11) is 0. The van der Waals surface area contributed by atoms with Crippen LogP contribution in [0.2, 0.25) is 5.02 Å². The van der Waals surface area contributed by atoms with E-state index in [9.17, 15) is 4.79 Å².